The van der Waals surface area contributed by atoms with E-state index in [9.17, 15) is 19.8 Å². The molecule has 0 saturated carbocycles. The number of aliphatic hydroxyl groups excluding tert-OH is 2. The lowest BCUT2D eigenvalue weighted by atomic mass is 9.99. The van der Waals surface area contributed by atoms with Gasteiger partial charge in [0.15, 0.2) is 0 Å². The molecular formula is C44H78O6. The standard InChI is InChI=1S/C44H78O6/c1-4-6-28-34-41(45)35-30-25-21-17-13-11-15-19-23-27-32-37-44(48)50-39-42(46)38-49-43(47)36-31-26-22-18-14-10-8-7-9-12-16-20-24-29-33-40(3)5-2/h11,13,19,21,23,25,30,35,40-42,45-46H,4-10,12,14-18,20,22,24,26-29,31-34,36-39H2,1-3H3/b13-11-,23-19-,25-21-,35-30+/t40?,41-,42+/m1/s1. The average Bonchev–Trinajstić information content (AvgIpc) is 3.11. The van der Waals surface area contributed by atoms with E-state index >= 15 is 0 Å². The number of hydrogen-bond donors (Lipinski definition) is 2. The number of ether oxygens (including phenoxy) is 2. The van der Waals surface area contributed by atoms with Crippen LogP contribution >= 0.6 is 0 Å². The molecule has 0 aliphatic heterocycles. The van der Waals surface area contributed by atoms with Crippen LogP contribution in [0.4, 0.5) is 0 Å². The highest BCUT2D eigenvalue weighted by atomic mass is 16.6. The minimum Gasteiger partial charge on any atom is -0.463 e. The summed E-state index contributed by atoms with van der Waals surface area (Å²) < 4.78 is 10.3. The molecule has 0 aromatic carbocycles. The molecule has 0 heterocycles. The van der Waals surface area contributed by atoms with Crippen molar-refractivity contribution in [3.05, 3.63) is 48.6 Å². The second-order valence-corrected chi connectivity index (χ2v) is 14.2. The summed E-state index contributed by atoms with van der Waals surface area (Å²) in [7, 11) is 0. The fourth-order valence-electron chi connectivity index (χ4n) is 5.64. The summed E-state index contributed by atoms with van der Waals surface area (Å²) in [6.07, 6.45) is 43.5. The number of carbonyl (C=O) groups is 2. The van der Waals surface area contributed by atoms with Crippen LogP contribution in [-0.2, 0) is 19.1 Å². The maximum absolute atomic E-state index is 12.0. The van der Waals surface area contributed by atoms with Crippen LogP contribution < -0.4 is 0 Å². The van der Waals surface area contributed by atoms with Crippen molar-refractivity contribution < 1.29 is 29.3 Å². The lowest BCUT2D eigenvalue weighted by Gasteiger charge is -2.12. The molecule has 0 aliphatic carbocycles. The third-order valence-corrected chi connectivity index (χ3v) is 9.21. The number of carbonyl (C=O) groups excluding carboxylic acids is 2. The van der Waals surface area contributed by atoms with Gasteiger partial charge < -0.3 is 19.7 Å². The Bertz CT molecular complexity index is 876. The van der Waals surface area contributed by atoms with E-state index in [0.717, 1.165) is 63.7 Å². The molecule has 0 bridgehead atoms. The zero-order valence-corrected chi connectivity index (χ0v) is 32.7. The predicted octanol–water partition coefficient (Wildman–Crippen LogP) is 11.8. The monoisotopic (exact) mass is 703 g/mol. The summed E-state index contributed by atoms with van der Waals surface area (Å²) >= 11 is 0. The first-order valence-electron chi connectivity index (χ1n) is 20.7. The summed E-state index contributed by atoms with van der Waals surface area (Å²) in [6.45, 7) is 6.52. The highest BCUT2D eigenvalue weighted by Gasteiger charge is 2.12. The van der Waals surface area contributed by atoms with Gasteiger partial charge in [-0.25, -0.2) is 0 Å². The van der Waals surface area contributed by atoms with Crippen molar-refractivity contribution in [1.82, 2.24) is 0 Å². The van der Waals surface area contributed by atoms with Crippen LogP contribution in [0.5, 0.6) is 0 Å². The molecule has 290 valence electrons. The topological polar surface area (TPSA) is 93.1 Å². The van der Waals surface area contributed by atoms with E-state index in [2.05, 4.69) is 51.2 Å². The molecule has 0 aliphatic rings. The largest absolute Gasteiger partial charge is 0.463 e. The maximum Gasteiger partial charge on any atom is 0.305 e. The highest BCUT2D eigenvalue weighted by molar-refractivity contribution is 5.69. The Morgan fingerprint density at radius 1 is 0.560 bits per heavy atom. The third kappa shape index (κ3) is 37.1. The zero-order chi connectivity index (χ0) is 36.8. The van der Waals surface area contributed by atoms with Crippen molar-refractivity contribution in [2.75, 3.05) is 13.2 Å². The van der Waals surface area contributed by atoms with Gasteiger partial charge in [0, 0.05) is 12.8 Å². The number of hydrogen-bond acceptors (Lipinski definition) is 6. The van der Waals surface area contributed by atoms with Gasteiger partial charge in [0.2, 0.25) is 0 Å². The van der Waals surface area contributed by atoms with E-state index in [-0.39, 0.29) is 37.7 Å². The van der Waals surface area contributed by atoms with Gasteiger partial charge in [-0.05, 0) is 44.4 Å². The molecule has 0 radical (unpaired) electrons. The number of rotatable bonds is 36. The normalized spacial score (nSPS) is 13.9. The molecule has 0 spiro atoms. The van der Waals surface area contributed by atoms with Crippen molar-refractivity contribution in [2.24, 2.45) is 5.92 Å². The first-order valence-corrected chi connectivity index (χ1v) is 20.7. The van der Waals surface area contributed by atoms with Crippen molar-refractivity contribution >= 4 is 11.9 Å². The third-order valence-electron chi connectivity index (χ3n) is 9.21. The second-order valence-electron chi connectivity index (χ2n) is 14.2. The molecule has 0 rings (SSSR count). The molecule has 1 unspecified atom stereocenters. The minimum atomic E-state index is -0.998. The fourth-order valence-corrected chi connectivity index (χ4v) is 5.64. The van der Waals surface area contributed by atoms with Gasteiger partial charge in [0.05, 0.1) is 6.10 Å². The molecule has 50 heavy (non-hydrogen) atoms. The fraction of sp³-hybridized carbons (Fsp3) is 0.773. The van der Waals surface area contributed by atoms with E-state index < -0.39 is 6.10 Å². The number of allylic oxidation sites excluding steroid dienone is 7. The van der Waals surface area contributed by atoms with Crippen LogP contribution in [0.2, 0.25) is 0 Å². The Balaban J connectivity index is 3.56. The quantitative estimate of drug-likeness (QED) is 0.0292. The Kier molecular flexibility index (Phi) is 36.4. The van der Waals surface area contributed by atoms with Crippen molar-refractivity contribution in [2.45, 2.75) is 200 Å². The van der Waals surface area contributed by atoms with Crippen LogP contribution in [0.1, 0.15) is 188 Å². The number of unbranched alkanes of at least 4 members (excludes halogenated alkanes) is 16. The van der Waals surface area contributed by atoms with Crippen molar-refractivity contribution in [3.63, 3.8) is 0 Å². The number of aliphatic hydroxyl groups is 2. The summed E-state index contributed by atoms with van der Waals surface area (Å²) in [6, 6.07) is 0. The molecule has 6 nitrogen and oxygen atoms in total. The first kappa shape index (κ1) is 47.8. The minimum absolute atomic E-state index is 0.144. The lowest BCUT2D eigenvalue weighted by Crippen LogP contribution is -2.25. The molecule has 0 aromatic rings. The van der Waals surface area contributed by atoms with Crippen LogP contribution in [0.3, 0.4) is 0 Å². The van der Waals surface area contributed by atoms with E-state index in [1.54, 1.807) is 0 Å². The zero-order valence-electron chi connectivity index (χ0n) is 32.7. The van der Waals surface area contributed by atoms with E-state index in [1.165, 1.54) is 89.9 Å². The summed E-state index contributed by atoms with van der Waals surface area (Å²) in [5.41, 5.74) is 0. The molecule has 0 fully saturated rings. The lowest BCUT2D eigenvalue weighted by molar-refractivity contribution is -0.152. The van der Waals surface area contributed by atoms with Crippen LogP contribution in [0.25, 0.3) is 0 Å². The average molecular weight is 703 g/mol. The van der Waals surface area contributed by atoms with Crippen LogP contribution in [0.15, 0.2) is 48.6 Å². The Hall–Kier alpha value is -2.18. The Morgan fingerprint density at radius 3 is 1.60 bits per heavy atom. The van der Waals surface area contributed by atoms with E-state index in [0.29, 0.717) is 12.8 Å². The molecule has 2 N–H and O–H groups in total. The van der Waals surface area contributed by atoms with Crippen LogP contribution in [-0.4, -0.2) is 47.6 Å². The summed E-state index contributed by atoms with van der Waals surface area (Å²) in [5.74, 6) is 0.245. The van der Waals surface area contributed by atoms with Gasteiger partial charge >= 0.3 is 11.9 Å². The van der Waals surface area contributed by atoms with Gasteiger partial charge in [-0.1, -0.05) is 185 Å². The Morgan fingerprint density at radius 2 is 1.04 bits per heavy atom. The van der Waals surface area contributed by atoms with Gasteiger partial charge in [-0.15, -0.1) is 0 Å². The van der Waals surface area contributed by atoms with Crippen molar-refractivity contribution in [3.8, 4) is 0 Å². The Labute approximate surface area is 308 Å². The van der Waals surface area contributed by atoms with Gasteiger partial charge in [0.25, 0.3) is 0 Å². The highest BCUT2D eigenvalue weighted by Crippen LogP contribution is 2.16. The summed E-state index contributed by atoms with van der Waals surface area (Å²) in [4.78, 5) is 23.9. The smallest absolute Gasteiger partial charge is 0.305 e. The summed E-state index contributed by atoms with van der Waals surface area (Å²) in [5, 5.41) is 19.9. The SMILES string of the molecule is CCCCC[C@@H](O)/C=C/C=C\C/C=C\C/C=C\CCCC(=O)OC[C@@H](O)COC(=O)CCCCCCCCCCCCCCCCC(C)CC. The molecule has 0 aromatic heterocycles. The molecule has 0 amide bonds. The van der Waals surface area contributed by atoms with Gasteiger partial charge in [-0.3, -0.25) is 9.59 Å². The second kappa shape index (κ2) is 38.1. The molecule has 0 saturated heterocycles. The number of esters is 2. The molecule has 3 atom stereocenters. The van der Waals surface area contributed by atoms with Crippen molar-refractivity contribution in [1.29, 1.82) is 0 Å². The first-order chi connectivity index (χ1) is 24.4. The van der Waals surface area contributed by atoms with Crippen LogP contribution in [0, 0.1) is 5.92 Å². The van der Waals surface area contributed by atoms with E-state index in [4.69, 9.17) is 9.47 Å². The predicted molar refractivity (Wildman–Crippen MR) is 211 cm³/mol. The van der Waals surface area contributed by atoms with Gasteiger partial charge in [-0.2, -0.15) is 0 Å². The van der Waals surface area contributed by atoms with E-state index in [1.807, 2.05) is 18.2 Å². The molecule has 6 heteroatoms. The maximum atomic E-state index is 12.0. The molecular weight excluding hydrogens is 624 g/mol. The van der Waals surface area contributed by atoms with Gasteiger partial charge in [0.1, 0.15) is 19.3 Å².